The molecule has 20 heavy (non-hydrogen) atoms. The summed E-state index contributed by atoms with van der Waals surface area (Å²) in [7, 11) is 0. The van der Waals surface area contributed by atoms with Crippen molar-refractivity contribution >= 4 is 17.4 Å². The Labute approximate surface area is 116 Å². The van der Waals surface area contributed by atoms with E-state index in [1.165, 1.54) is 0 Å². The van der Waals surface area contributed by atoms with Gasteiger partial charge in [0, 0.05) is 11.1 Å². The molecule has 0 heterocycles. The molecule has 0 aliphatic rings. The molecular weight excluding hydrogens is 254 g/mol. The third kappa shape index (κ3) is 2.75. The van der Waals surface area contributed by atoms with Gasteiger partial charge in [-0.25, -0.2) is 4.79 Å². The molecule has 0 saturated carbocycles. The molecule has 2 aromatic rings. The fourth-order valence-electron chi connectivity index (χ4n) is 1.82. The fraction of sp³-hybridized carbons (Fsp3) is 0. The van der Waals surface area contributed by atoms with Crippen molar-refractivity contribution in [1.82, 2.24) is 0 Å². The van der Waals surface area contributed by atoms with E-state index in [1.54, 1.807) is 60.7 Å². The van der Waals surface area contributed by atoms with E-state index in [1.807, 2.05) is 0 Å². The second-order valence-electron chi connectivity index (χ2n) is 4.14. The number of benzene rings is 2. The summed E-state index contributed by atoms with van der Waals surface area (Å²) in [5.41, 5.74) is 0.166. The number of hydrogen-bond donors (Lipinski definition) is 3. The quantitative estimate of drug-likeness (QED) is 0.452. The maximum Gasteiger partial charge on any atom is 0.341 e. The van der Waals surface area contributed by atoms with Gasteiger partial charge in [0.1, 0.15) is 11.3 Å². The lowest BCUT2D eigenvalue weighted by atomic mass is 9.99. The van der Waals surface area contributed by atoms with Crippen LogP contribution in [0.25, 0.3) is 5.76 Å². The van der Waals surface area contributed by atoms with Crippen LogP contribution in [-0.4, -0.2) is 21.9 Å². The van der Waals surface area contributed by atoms with Gasteiger partial charge in [0.2, 0.25) is 0 Å². The summed E-state index contributed by atoms with van der Waals surface area (Å²) in [4.78, 5) is 11.4. The number of rotatable bonds is 4. The smallest absolute Gasteiger partial charge is 0.341 e. The number of aliphatic hydroxyl groups excluding tert-OH is 1. The summed E-state index contributed by atoms with van der Waals surface area (Å²) in [5.74, 6) is -1.74. The molecule has 0 aliphatic carbocycles. The lowest BCUT2D eigenvalue weighted by Crippen LogP contribution is -2.15. The van der Waals surface area contributed by atoms with Gasteiger partial charge in [-0.3, -0.25) is 5.41 Å². The van der Waals surface area contributed by atoms with E-state index in [4.69, 9.17) is 5.41 Å². The van der Waals surface area contributed by atoms with Gasteiger partial charge in [-0.1, -0.05) is 60.7 Å². The van der Waals surface area contributed by atoms with E-state index < -0.39 is 17.3 Å². The Morgan fingerprint density at radius 3 is 1.70 bits per heavy atom. The third-order valence-electron chi connectivity index (χ3n) is 2.81. The van der Waals surface area contributed by atoms with Crippen LogP contribution in [0, 0.1) is 5.41 Å². The van der Waals surface area contributed by atoms with Crippen LogP contribution in [0.4, 0.5) is 0 Å². The highest BCUT2D eigenvalue weighted by Gasteiger charge is 2.21. The van der Waals surface area contributed by atoms with Gasteiger partial charge in [0.25, 0.3) is 0 Å². The predicted molar refractivity (Wildman–Crippen MR) is 76.9 cm³/mol. The second-order valence-corrected chi connectivity index (χ2v) is 4.14. The molecular formula is C16H13NO3. The number of aliphatic hydroxyl groups is 1. The van der Waals surface area contributed by atoms with Crippen molar-refractivity contribution in [3.05, 3.63) is 77.4 Å². The number of carboxylic acids is 1. The van der Waals surface area contributed by atoms with Crippen LogP contribution in [0.2, 0.25) is 0 Å². The van der Waals surface area contributed by atoms with Crippen molar-refractivity contribution in [3.8, 4) is 0 Å². The highest BCUT2D eigenvalue weighted by atomic mass is 16.4. The van der Waals surface area contributed by atoms with E-state index in [0.717, 1.165) is 0 Å². The molecule has 2 rings (SSSR count). The van der Waals surface area contributed by atoms with Crippen molar-refractivity contribution in [1.29, 1.82) is 5.41 Å². The molecule has 3 N–H and O–H groups in total. The Kier molecular flexibility index (Phi) is 3.96. The van der Waals surface area contributed by atoms with Crippen molar-refractivity contribution in [2.45, 2.75) is 0 Å². The summed E-state index contributed by atoms with van der Waals surface area (Å²) in [5, 5.41) is 27.4. The van der Waals surface area contributed by atoms with Crippen LogP contribution >= 0.6 is 0 Å². The van der Waals surface area contributed by atoms with Crippen LogP contribution in [0.3, 0.4) is 0 Å². The molecule has 0 unspecified atom stereocenters. The van der Waals surface area contributed by atoms with Gasteiger partial charge in [-0.05, 0) is 0 Å². The first kappa shape index (κ1) is 13.5. The van der Waals surface area contributed by atoms with Gasteiger partial charge in [-0.15, -0.1) is 0 Å². The molecule has 0 aromatic heterocycles. The van der Waals surface area contributed by atoms with Crippen LogP contribution in [-0.2, 0) is 4.79 Å². The van der Waals surface area contributed by atoms with E-state index in [-0.39, 0.29) is 5.71 Å². The Morgan fingerprint density at radius 2 is 1.25 bits per heavy atom. The number of carbonyl (C=O) groups is 1. The first-order valence-electron chi connectivity index (χ1n) is 5.97. The van der Waals surface area contributed by atoms with Crippen molar-refractivity contribution in [2.24, 2.45) is 0 Å². The number of aliphatic carboxylic acids is 1. The van der Waals surface area contributed by atoms with Gasteiger partial charge in [0.05, 0.1) is 5.71 Å². The Balaban J connectivity index is 2.53. The molecule has 0 atom stereocenters. The highest BCUT2D eigenvalue weighted by molar-refractivity contribution is 6.28. The van der Waals surface area contributed by atoms with Crippen LogP contribution in [0.5, 0.6) is 0 Å². The molecule has 0 amide bonds. The van der Waals surface area contributed by atoms with Crippen molar-refractivity contribution in [2.75, 3.05) is 0 Å². The van der Waals surface area contributed by atoms with Gasteiger partial charge in [0.15, 0.2) is 0 Å². The summed E-state index contributed by atoms with van der Waals surface area (Å²) < 4.78 is 0. The molecule has 0 bridgehead atoms. The third-order valence-corrected chi connectivity index (χ3v) is 2.81. The summed E-state index contributed by atoms with van der Waals surface area (Å²) in [6.45, 7) is 0. The number of nitrogens with one attached hydrogen (secondary N) is 1. The monoisotopic (exact) mass is 267 g/mol. The van der Waals surface area contributed by atoms with E-state index in [9.17, 15) is 15.0 Å². The number of carboxylic acid groups (broad SMARTS) is 1. The van der Waals surface area contributed by atoms with Crippen LogP contribution in [0.15, 0.2) is 66.2 Å². The molecule has 100 valence electrons. The van der Waals surface area contributed by atoms with E-state index in [0.29, 0.717) is 11.1 Å². The Morgan fingerprint density at radius 1 is 0.800 bits per heavy atom. The van der Waals surface area contributed by atoms with Crippen molar-refractivity contribution < 1.29 is 15.0 Å². The molecule has 2 aromatic carbocycles. The molecule has 0 fully saturated rings. The summed E-state index contributed by atoms with van der Waals surface area (Å²) >= 11 is 0. The minimum atomic E-state index is -1.33. The van der Waals surface area contributed by atoms with Gasteiger partial charge < -0.3 is 10.2 Å². The Hall–Kier alpha value is -2.88. The minimum absolute atomic E-state index is 0.223. The topological polar surface area (TPSA) is 81.4 Å². The first-order valence-corrected chi connectivity index (χ1v) is 5.97. The largest absolute Gasteiger partial charge is 0.506 e. The van der Waals surface area contributed by atoms with E-state index in [2.05, 4.69) is 0 Å². The maximum absolute atomic E-state index is 11.4. The molecule has 0 saturated heterocycles. The molecule has 4 nitrogen and oxygen atoms in total. The standard InChI is InChI=1S/C16H13NO3/c17-14(11-7-3-1-4-8-11)13(16(19)20)15(18)12-9-5-2-6-10-12/h1-10,17-18H,(H,19,20). The van der Waals surface area contributed by atoms with Crippen LogP contribution < -0.4 is 0 Å². The average Bonchev–Trinajstić information content (AvgIpc) is 2.48. The van der Waals surface area contributed by atoms with Crippen molar-refractivity contribution in [3.63, 3.8) is 0 Å². The molecule has 0 radical (unpaired) electrons. The van der Waals surface area contributed by atoms with E-state index >= 15 is 0 Å². The van der Waals surface area contributed by atoms with Gasteiger partial charge >= 0.3 is 5.97 Å². The Bertz CT molecular complexity index is 661. The van der Waals surface area contributed by atoms with Gasteiger partial charge in [-0.2, -0.15) is 0 Å². The zero-order valence-electron chi connectivity index (χ0n) is 10.6. The molecule has 4 heteroatoms. The lowest BCUT2D eigenvalue weighted by molar-refractivity contribution is -0.132. The summed E-state index contributed by atoms with van der Waals surface area (Å²) in [6, 6.07) is 16.8. The fourth-order valence-corrected chi connectivity index (χ4v) is 1.82. The summed E-state index contributed by atoms with van der Waals surface area (Å²) in [6.07, 6.45) is 0. The molecule has 0 aliphatic heterocycles. The zero-order chi connectivity index (χ0) is 14.5. The zero-order valence-corrected chi connectivity index (χ0v) is 10.6. The molecule has 0 spiro atoms. The predicted octanol–water partition coefficient (Wildman–Crippen LogP) is 3.11. The first-order chi connectivity index (χ1) is 9.61. The average molecular weight is 267 g/mol. The van der Waals surface area contributed by atoms with Crippen LogP contribution in [0.1, 0.15) is 11.1 Å². The number of hydrogen-bond acceptors (Lipinski definition) is 3. The second kappa shape index (κ2) is 5.84. The normalized spacial score (nSPS) is 11.6. The minimum Gasteiger partial charge on any atom is -0.506 e. The lowest BCUT2D eigenvalue weighted by Gasteiger charge is -2.09. The SMILES string of the molecule is N=C(C(C(=O)O)=C(O)c1ccccc1)c1ccccc1. The highest BCUT2D eigenvalue weighted by Crippen LogP contribution is 2.19. The maximum atomic E-state index is 11.4.